The first-order chi connectivity index (χ1) is 7.09. The highest BCUT2D eigenvalue weighted by Gasteiger charge is 2.01. The van der Waals surface area contributed by atoms with Gasteiger partial charge in [0.2, 0.25) is 0 Å². The molecule has 0 spiro atoms. The predicted octanol–water partition coefficient (Wildman–Crippen LogP) is 2.34. The highest BCUT2D eigenvalue weighted by Crippen LogP contribution is 2.17. The molecule has 0 aliphatic rings. The topological polar surface area (TPSA) is 29.5 Å². The summed E-state index contributed by atoms with van der Waals surface area (Å²) >= 11 is 5.86. The van der Waals surface area contributed by atoms with E-state index in [0.29, 0.717) is 18.2 Å². The Hall–Kier alpha value is -1.22. The monoisotopic (exact) mass is 227 g/mol. The lowest BCUT2D eigenvalue weighted by molar-refractivity contribution is -0.140. The lowest BCUT2D eigenvalue weighted by Gasteiger charge is -2.18. The molecule has 1 rings (SSSR count). The third-order valence-corrected chi connectivity index (χ3v) is 2.22. The van der Waals surface area contributed by atoms with Gasteiger partial charge < -0.3 is 9.64 Å². The number of carbonyl (C=O) groups excluding carboxylic acids is 1. The molecule has 0 heterocycles. The summed E-state index contributed by atoms with van der Waals surface area (Å²) in [6.07, 6.45) is 0. The minimum absolute atomic E-state index is 0.255. The zero-order valence-electron chi connectivity index (χ0n) is 8.87. The van der Waals surface area contributed by atoms with E-state index in [2.05, 4.69) is 0 Å². The smallest absolute Gasteiger partial charge is 0.302 e. The Morgan fingerprint density at radius 1 is 1.53 bits per heavy atom. The number of carbonyl (C=O) groups is 1. The van der Waals surface area contributed by atoms with E-state index in [1.165, 1.54) is 6.92 Å². The second-order valence-electron chi connectivity index (χ2n) is 3.24. The van der Waals surface area contributed by atoms with Gasteiger partial charge in [0.25, 0.3) is 0 Å². The Bertz CT molecular complexity index is 341. The summed E-state index contributed by atoms with van der Waals surface area (Å²) in [7, 11) is 1.93. The van der Waals surface area contributed by atoms with E-state index >= 15 is 0 Å². The first-order valence-electron chi connectivity index (χ1n) is 4.69. The minimum atomic E-state index is -0.255. The van der Waals surface area contributed by atoms with Gasteiger partial charge in [0.1, 0.15) is 6.61 Å². The molecule has 0 amide bonds. The number of benzene rings is 1. The summed E-state index contributed by atoms with van der Waals surface area (Å²) in [6.45, 7) is 2.44. The number of esters is 1. The van der Waals surface area contributed by atoms with Gasteiger partial charge in [-0.25, -0.2) is 0 Å². The summed E-state index contributed by atoms with van der Waals surface area (Å²) < 4.78 is 4.85. The lowest BCUT2D eigenvalue weighted by Crippen LogP contribution is -2.23. The molecule has 0 atom stereocenters. The van der Waals surface area contributed by atoms with Gasteiger partial charge in [-0.15, -0.1) is 0 Å². The van der Waals surface area contributed by atoms with Crippen molar-refractivity contribution in [1.29, 1.82) is 0 Å². The Morgan fingerprint density at radius 2 is 2.27 bits per heavy atom. The predicted molar refractivity (Wildman–Crippen MR) is 61.4 cm³/mol. The zero-order valence-corrected chi connectivity index (χ0v) is 9.62. The van der Waals surface area contributed by atoms with Crippen LogP contribution >= 0.6 is 11.6 Å². The van der Waals surface area contributed by atoms with Crippen LogP contribution in [0.1, 0.15) is 6.92 Å². The van der Waals surface area contributed by atoms with Crippen LogP contribution in [0.5, 0.6) is 0 Å². The van der Waals surface area contributed by atoms with E-state index in [0.717, 1.165) is 5.69 Å². The fourth-order valence-corrected chi connectivity index (χ4v) is 1.35. The van der Waals surface area contributed by atoms with Gasteiger partial charge in [-0.2, -0.15) is 0 Å². The van der Waals surface area contributed by atoms with Crippen molar-refractivity contribution >= 4 is 23.3 Å². The first kappa shape index (κ1) is 11.9. The van der Waals surface area contributed by atoms with Crippen molar-refractivity contribution in [3.8, 4) is 0 Å². The van der Waals surface area contributed by atoms with Crippen molar-refractivity contribution in [1.82, 2.24) is 0 Å². The molecule has 0 aliphatic heterocycles. The molecule has 0 fully saturated rings. The Kier molecular flexibility index (Phi) is 4.43. The Labute approximate surface area is 94.6 Å². The maximum absolute atomic E-state index is 10.6. The summed E-state index contributed by atoms with van der Waals surface area (Å²) in [5.74, 6) is -0.255. The van der Waals surface area contributed by atoms with E-state index in [1.54, 1.807) is 0 Å². The maximum Gasteiger partial charge on any atom is 0.302 e. The van der Waals surface area contributed by atoms with Crippen LogP contribution < -0.4 is 4.90 Å². The van der Waals surface area contributed by atoms with E-state index < -0.39 is 0 Å². The average molecular weight is 228 g/mol. The van der Waals surface area contributed by atoms with Crippen molar-refractivity contribution in [2.75, 3.05) is 25.1 Å². The van der Waals surface area contributed by atoms with Crippen LogP contribution in [0.3, 0.4) is 0 Å². The average Bonchev–Trinajstić information content (AvgIpc) is 2.17. The van der Waals surface area contributed by atoms with Gasteiger partial charge in [-0.3, -0.25) is 4.79 Å². The largest absolute Gasteiger partial charge is 0.464 e. The van der Waals surface area contributed by atoms with E-state index in [-0.39, 0.29) is 5.97 Å². The van der Waals surface area contributed by atoms with Crippen molar-refractivity contribution in [2.24, 2.45) is 0 Å². The van der Waals surface area contributed by atoms with Crippen LogP contribution in [0.25, 0.3) is 0 Å². The summed E-state index contributed by atoms with van der Waals surface area (Å²) in [5.41, 5.74) is 1.01. The molecule has 0 aliphatic carbocycles. The number of halogens is 1. The maximum atomic E-state index is 10.6. The standard InChI is InChI=1S/C11H14ClNO2/c1-9(14)15-7-6-13(2)11-5-3-4-10(12)8-11/h3-5,8H,6-7H2,1-2H3. The van der Waals surface area contributed by atoms with Crippen LogP contribution in [0.4, 0.5) is 5.69 Å². The van der Waals surface area contributed by atoms with Gasteiger partial charge >= 0.3 is 5.97 Å². The van der Waals surface area contributed by atoms with Gasteiger partial charge in [0, 0.05) is 24.7 Å². The number of ether oxygens (including phenoxy) is 1. The number of hydrogen-bond donors (Lipinski definition) is 0. The molecule has 0 saturated carbocycles. The SMILES string of the molecule is CC(=O)OCCN(C)c1cccc(Cl)c1. The van der Waals surface area contributed by atoms with Crippen LogP contribution in [-0.4, -0.2) is 26.2 Å². The molecule has 4 heteroatoms. The van der Waals surface area contributed by atoms with Gasteiger partial charge in [-0.05, 0) is 18.2 Å². The van der Waals surface area contributed by atoms with Crippen molar-refractivity contribution in [2.45, 2.75) is 6.92 Å². The zero-order chi connectivity index (χ0) is 11.3. The molecule has 1 aromatic carbocycles. The Morgan fingerprint density at radius 3 is 2.87 bits per heavy atom. The van der Waals surface area contributed by atoms with Crippen molar-refractivity contribution < 1.29 is 9.53 Å². The molecular formula is C11H14ClNO2. The van der Waals surface area contributed by atoms with Crippen LogP contribution in [0.2, 0.25) is 5.02 Å². The second kappa shape index (κ2) is 5.61. The molecule has 1 aromatic rings. The quantitative estimate of drug-likeness (QED) is 0.740. The molecule has 3 nitrogen and oxygen atoms in total. The number of hydrogen-bond acceptors (Lipinski definition) is 3. The fraction of sp³-hybridized carbons (Fsp3) is 0.364. The van der Waals surface area contributed by atoms with Gasteiger partial charge in [0.15, 0.2) is 0 Å². The minimum Gasteiger partial charge on any atom is -0.464 e. The summed E-state index contributed by atoms with van der Waals surface area (Å²) in [6, 6.07) is 7.54. The molecule has 0 N–H and O–H groups in total. The molecule has 0 unspecified atom stereocenters. The molecule has 0 saturated heterocycles. The van der Waals surface area contributed by atoms with Gasteiger partial charge in [0.05, 0.1) is 6.54 Å². The number of likely N-dealkylation sites (N-methyl/N-ethyl adjacent to an activating group) is 1. The number of anilines is 1. The van der Waals surface area contributed by atoms with E-state index in [1.807, 2.05) is 36.2 Å². The highest BCUT2D eigenvalue weighted by atomic mass is 35.5. The fourth-order valence-electron chi connectivity index (χ4n) is 1.17. The highest BCUT2D eigenvalue weighted by molar-refractivity contribution is 6.30. The molecule has 0 aromatic heterocycles. The van der Waals surface area contributed by atoms with Crippen LogP contribution in [0, 0.1) is 0 Å². The molecular weight excluding hydrogens is 214 g/mol. The number of rotatable bonds is 4. The third-order valence-electron chi connectivity index (χ3n) is 1.98. The van der Waals surface area contributed by atoms with Crippen molar-refractivity contribution in [3.63, 3.8) is 0 Å². The normalized spacial score (nSPS) is 9.80. The van der Waals surface area contributed by atoms with E-state index in [4.69, 9.17) is 16.3 Å². The van der Waals surface area contributed by atoms with Crippen molar-refractivity contribution in [3.05, 3.63) is 29.3 Å². The number of nitrogens with zero attached hydrogens (tertiary/aromatic N) is 1. The third kappa shape index (κ3) is 4.21. The van der Waals surface area contributed by atoms with Crippen LogP contribution in [-0.2, 0) is 9.53 Å². The molecule has 0 bridgehead atoms. The summed E-state index contributed by atoms with van der Waals surface area (Å²) in [5, 5.41) is 0.701. The lowest BCUT2D eigenvalue weighted by atomic mass is 10.3. The molecule has 82 valence electrons. The second-order valence-corrected chi connectivity index (χ2v) is 3.68. The molecule has 15 heavy (non-hydrogen) atoms. The molecule has 0 radical (unpaired) electrons. The van der Waals surface area contributed by atoms with Crippen LogP contribution in [0.15, 0.2) is 24.3 Å². The summed E-state index contributed by atoms with van der Waals surface area (Å²) in [4.78, 5) is 12.5. The van der Waals surface area contributed by atoms with Gasteiger partial charge in [-0.1, -0.05) is 17.7 Å². The van der Waals surface area contributed by atoms with E-state index in [9.17, 15) is 4.79 Å². The first-order valence-corrected chi connectivity index (χ1v) is 5.07. The Balaban J connectivity index is 2.46.